The maximum absolute atomic E-state index is 8.74. The molecular weight excluding hydrogens is 215 g/mol. The third kappa shape index (κ3) is 98.8. The van der Waals surface area contributed by atoms with Gasteiger partial charge in [-0.1, -0.05) is 0 Å². The van der Waals surface area contributed by atoms with Crippen molar-refractivity contribution in [3.63, 3.8) is 0 Å². The summed E-state index contributed by atoms with van der Waals surface area (Å²) in [5.41, 5.74) is 0. The Hall–Kier alpha value is 1.99. The molecule has 8 heavy (non-hydrogen) atoms. The maximum Gasteiger partial charge on any atom is 1.00 e. The van der Waals surface area contributed by atoms with Crippen LogP contribution in [0.5, 0.6) is 0 Å². The van der Waals surface area contributed by atoms with Crippen molar-refractivity contribution in [3.05, 3.63) is 0 Å². The molecule has 0 spiro atoms. The van der Waals surface area contributed by atoms with Gasteiger partial charge in [0.05, 0.1) is 0 Å². The molecule has 0 amide bonds. The van der Waals surface area contributed by atoms with Crippen molar-refractivity contribution in [1.29, 1.82) is 0 Å². The molecule has 0 rings (SSSR count). The van der Waals surface area contributed by atoms with Gasteiger partial charge in [-0.3, -0.25) is 9.11 Å². The Labute approximate surface area is 101 Å². The molecule has 0 fully saturated rings. The average molecular weight is 220 g/mol. The molecule has 5 nitrogen and oxygen atoms in total. The van der Waals surface area contributed by atoms with E-state index >= 15 is 0 Å². The van der Waals surface area contributed by atoms with E-state index in [2.05, 4.69) is 0 Å². The van der Waals surface area contributed by atoms with Crippen LogP contribution in [0, 0.1) is 0 Å². The van der Waals surface area contributed by atoms with Crippen molar-refractivity contribution in [1.82, 2.24) is 0 Å². The molecule has 53 valence electrons. The Kier molecular flexibility index (Phi) is 25.3. The van der Waals surface area contributed by atoms with Crippen molar-refractivity contribution in [2.24, 2.45) is 0 Å². The smallest absolute Gasteiger partial charge is 1.00 e. The van der Waals surface area contributed by atoms with E-state index in [0.717, 1.165) is 0 Å². The number of hydrogen-bond acceptors (Lipinski definition) is 2. The monoisotopic (exact) mass is 219 g/mol. The first-order chi connectivity index (χ1) is 2.00. The van der Waals surface area contributed by atoms with Crippen LogP contribution in [0.3, 0.4) is 0 Å². The van der Waals surface area contributed by atoms with Crippen LogP contribution in [0.4, 0.5) is 0 Å². The van der Waals surface area contributed by atoms with Gasteiger partial charge < -0.3 is 6.90 Å². The predicted molar refractivity (Wildman–Crippen MR) is 18.9 cm³/mol. The van der Waals surface area contributed by atoms with Crippen LogP contribution in [0.2, 0.25) is 0 Å². The van der Waals surface area contributed by atoms with Gasteiger partial charge in [-0.15, -0.1) is 0 Å². The van der Waals surface area contributed by atoms with Crippen molar-refractivity contribution in [2.45, 2.75) is 0 Å². The first-order valence-corrected chi connectivity index (χ1v) is 2.10. The van der Waals surface area contributed by atoms with Crippen LogP contribution in [0.25, 0.3) is 0 Å². The Morgan fingerprint density at radius 3 is 1.25 bits per heavy atom. The Bertz CT molecular complexity index is 100. The predicted octanol–water partition coefficient (Wildman–Crippen LogP) is -4.36. The first-order valence-electron chi connectivity index (χ1n) is 0.698. The Balaban J connectivity index is -0.0000000133. The quantitative estimate of drug-likeness (QED) is 0.317. The zero-order chi connectivity index (χ0) is 4.50. The van der Waals surface area contributed by atoms with E-state index in [1.165, 1.54) is 0 Å². The van der Waals surface area contributed by atoms with Gasteiger partial charge in [-0.05, 0) is 0 Å². The topological polar surface area (TPSA) is 106 Å². The second-order valence-corrected chi connectivity index (χ2v) is 1.34. The van der Waals surface area contributed by atoms with E-state index in [1.54, 1.807) is 0 Å². The fourth-order valence-corrected chi connectivity index (χ4v) is 0. The molecule has 0 aliphatic rings. The van der Waals surface area contributed by atoms with Crippen molar-refractivity contribution < 1.29 is 92.9 Å². The number of rotatable bonds is 0. The molecule has 0 aliphatic heterocycles. The second kappa shape index (κ2) is 8.99. The van der Waals surface area contributed by atoms with E-state index < -0.39 is 10.4 Å². The molecule has 0 saturated carbocycles. The molecule has 0 aromatic rings. The summed E-state index contributed by atoms with van der Waals surface area (Å²) in [6.07, 6.45) is 0. The molecule has 1 radical (unpaired) electrons. The minimum atomic E-state index is -4.67. The molecule has 0 aromatic carbocycles. The zero-order valence-electron chi connectivity index (χ0n) is 4.92. The van der Waals surface area contributed by atoms with Crippen LogP contribution < -0.4 is 51.4 Å². The van der Waals surface area contributed by atoms with E-state index in [-0.39, 0.29) is 75.4 Å². The first kappa shape index (κ1) is 22.5. The minimum absolute atomic E-state index is 0. The van der Waals surface area contributed by atoms with Gasteiger partial charge >= 0.3 is 61.8 Å². The van der Waals surface area contributed by atoms with Crippen LogP contribution >= 0.6 is 0 Å². The van der Waals surface area contributed by atoms with E-state index in [9.17, 15) is 0 Å². The fraction of sp³-hybridized carbons (Fsp3) is 0. The summed E-state index contributed by atoms with van der Waals surface area (Å²) < 4.78 is 31.6. The summed E-state index contributed by atoms with van der Waals surface area (Å²) >= 11 is 0. The normalized spacial score (nSPS) is 7.25. The molecule has 0 unspecified atom stereocenters. The van der Waals surface area contributed by atoms with Crippen LogP contribution in [-0.2, 0) is 27.5 Å². The number of hydrogen-bond donors (Lipinski definition) is 2. The van der Waals surface area contributed by atoms with Gasteiger partial charge in [-0.2, -0.15) is 8.42 Å². The molecule has 0 bridgehead atoms. The molecular formula is H5CuKO5S. The van der Waals surface area contributed by atoms with Gasteiger partial charge in [0.15, 0.2) is 0 Å². The third-order valence-electron chi connectivity index (χ3n) is 0. The van der Waals surface area contributed by atoms with E-state index in [0.29, 0.717) is 0 Å². The SMILES string of the molecule is O.O=S(=O)(O)O.[Cu].[H-].[K+]. The van der Waals surface area contributed by atoms with Crippen molar-refractivity contribution in [3.8, 4) is 0 Å². The van der Waals surface area contributed by atoms with E-state index in [4.69, 9.17) is 17.5 Å². The summed E-state index contributed by atoms with van der Waals surface area (Å²) in [6.45, 7) is 0. The third-order valence-corrected chi connectivity index (χ3v) is 0. The van der Waals surface area contributed by atoms with Crippen LogP contribution in [0.15, 0.2) is 0 Å². The van der Waals surface area contributed by atoms with Crippen molar-refractivity contribution in [2.75, 3.05) is 0 Å². The van der Waals surface area contributed by atoms with Gasteiger partial charge in [0.1, 0.15) is 0 Å². The van der Waals surface area contributed by atoms with E-state index in [1.807, 2.05) is 0 Å². The largest absolute Gasteiger partial charge is 1.00 e. The molecule has 0 atom stereocenters. The van der Waals surface area contributed by atoms with Gasteiger partial charge in [0.25, 0.3) is 0 Å². The van der Waals surface area contributed by atoms with Crippen LogP contribution in [-0.4, -0.2) is 23.0 Å². The summed E-state index contributed by atoms with van der Waals surface area (Å²) in [5.74, 6) is 0. The summed E-state index contributed by atoms with van der Waals surface area (Å²) in [4.78, 5) is 0. The molecule has 8 heteroatoms. The minimum Gasteiger partial charge on any atom is -1.00 e. The van der Waals surface area contributed by atoms with Gasteiger partial charge in [0.2, 0.25) is 0 Å². The van der Waals surface area contributed by atoms with Gasteiger partial charge in [0, 0.05) is 17.1 Å². The van der Waals surface area contributed by atoms with Gasteiger partial charge in [-0.25, -0.2) is 0 Å². The molecule has 0 aromatic heterocycles. The van der Waals surface area contributed by atoms with Crippen LogP contribution in [0.1, 0.15) is 1.43 Å². The second-order valence-electron chi connectivity index (χ2n) is 0.448. The molecule has 0 aliphatic carbocycles. The summed E-state index contributed by atoms with van der Waals surface area (Å²) in [7, 11) is -4.67. The Morgan fingerprint density at radius 2 is 1.25 bits per heavy atom. The molecule has 4 N–H and O–H groups in total. The zero-order valence-corrected chi connectivity index (χ0v) is 8.80. The Morgan fingerprint density at radius 1 is 1.25 bits per heavy atom. The maximum atomic E-state index is 8.74. The molecule has 0 saturated heterocycles. The summed E-state index contributed by atoms with van der Waals surface area (Å²) in [5, 5.41) is 0. The van der Waals surface area contributed by atoms with Crippen molar-refractivity contribution >= 4 is 10.4 Å². The summed E-state index contributed by atoms with van der Waals surface area (Å²) in [6, 6.07) is 0. The fourth-order valence-electron chi connectivity index (χ4n) is 0. The standard InChI is InChI=1S/Cu.K.H2O4S.H2O.H/c;;1-5(2,3)4;;/h;;(H2,1,2,3,4);1H2;/q;+1;;;-1. The molecule has 0 heterocycles. The average Bonchev–Trinajstić information content (AvgIpc) is 0.722.